The van der Waals surface area contributed by atoms with E-state index in [-0.39, 0.29) is 4.90 Å². The van der Waals surface area contributed by atoms with Crippen LogP contribution in [0.2, 0.25) is 0 Å². The van der Waals surface area contributed by atoms with Crippen LogP contribution in [0.4, 0.5) is 0 Å². The molecule has 0 saturated heterocycles. The molecule has 0 amide bonds. The van der Waals surface area contributed by atoms with Crippen molar-refractivity contribution in [3.8, 4) is 22.5 Å². The maximum absolute atomic E-state index is 11.9. The van der Waals surface area contributed by atoms with Crippen LogP contribution in [-0.4, -0.2) is 28.8 Å². The number of nitrogens with one attached hydrogen (secondary N) is 1. The van der Waals surface area contributed by atoms with E-state index in [1.54, 1.807) is 36.5 Å². The molecule has 0 saturated carbocycles. The van der Waals surface area contributed by atoms with E-state index in [0.29, 0.717) is 22.5 Å². The van der Waals surface area contributed by atoms with Crippen LogP contribution in [0.1, 0.15) is 0 Å². The fourth-order valence-electron chi connectivity index (χ4n) is 2.09. The smallest absolute Gasteiger partial charge is 0.238 e. The Labute approximate surface area is 120 Å². The minimum atomic E-state index is -3.89. The van der Waals surface area contributed by atoms with Crippen LogP contribution < -0.4 is 5.14 Å². The molecule has 21 heavy (non-hydrogen) atoms. The van der Waals surface area contributed by atoms with Crippen molar-refractivity contribution < 1.29 is 8.42 Å². The maximum Gasteiger partial charge on any atom is 0.238 e. The first-order chi connectivity index (χ1) is 10.1. The summed E-state index contributed by atoms with van der Waals surface area (Å²) >= 11 is 0. The fourth-order valence-corrected chi connectivity index (χ4v) is 2.86. The molecule has 1 aromatic carbocycles. The summed E-state index contributed by atoms with van der Waals surface area (Å²) in [5.74, 6) is 0. The van der Waals surface area contributed by atoms with Gasteiger partial charge in [-0.2, -0.15) is 15.4 Å². The minimum Gasteiger partial charge on any atom is -0.256 e. The molecule has 0 unspecified atom stereocenters. The van der Waals surface area contributed by atoms with Crippen molar-refractivity contribution in [3.05, 3.63) is 48.8 Å². The zero-order valence-corrected chi connectivity index (χ0v) is 11.6. The number of rotatable bonds is 3. The van der Waals surface area contributed by atoms with Gasteiger partial charge in [0.15, 0.2) is 0 Å². The first-order valence-corrected chi connectivity index (χ1v) is 7.55. The van der Waals surface area contributed by atoms with E-state index in [1.807, 2.05) is 0 Å². The Hall–Kier alpha value is -2.58. The van der Waals surface area contributed by atoms with Gasteiger partial charge in [0.1, 0.15) is 5.69 Å². The minimum absolute atomic E-state index is 0.00157. The van der Waals surface area contributed by atoms with Gasteiger partial charge >= 0.3 is 0 Å². The lowest BCUT2D eigenvalue weighted by Crippen LogP contribution is -2.14. The van der Waals surface area contributed by atoms with Crippen LogP contribution in [0.5, 0.6) is 0 Å². The van der Waals surface area contributed by atoms with Crippen LogP contribution in [0, 0.1) is 0 Å². The second-order valence-electron chi connectivity index (χ2n) is 4.29. The zero-order valence-electron chi connectivity index (χ0n) is 10.8. The Morgan fingerprint density at radius 3 is 2.52 bits per heavy atom. The molecule has 8 heteroatoms. The van der Waals surface area contributed by atoms with Gasteiger partial charge in [-0.25, -0.2) is 13.6 Å². The van der Waals surface area contributed by atoms with Crippen LogP contribution in [-0.2, 0) is 10.0 Å². The number of H-pyrrole nitrogens is 1. The van der Waals surface area contributed by atoms with Gasteiger partial charge in [-0.15, -0.1) is 0 Å². The molecular weight excluding hydrogens is 290 g/mol. The number of aromatic nitrogens is 4. The van der Waals surface area contributed by atoms with Crippen molar-refractivity contribution in [1.82, 2.24) is 20.4 Å². The zero-order chi connectivity index (χ0) is 14.9. The van der Waals surface area contributed by atoms with Gasteiger partial charge in [0.25, 0.3) is 0 Å². The van der Waals surface area contributed by atoms with Crippen molar-refractivity contribution in [1.29, 1.82) is 0 Å². The highest BCUT2D eigenvalue weighted by Gasteiger charge is 2.21. The number of benzene rings is 1. The predicted molar refractivity (Wildman–Crippen MR) is 76.4 cm³/mol. The SMILES string of the molecule is NS(=O)(=O)c1cccc(-c2cn[nH]n2)c1-c1ccccn1. The van der Waals surface area contributed by atoms with Gasteiger partial charge in [0, 0.05) is 17.3 Å². The summed E-state index contributed by atoms with van der Waals surface area (Å²) in [6.07, 6.45) is 3.09. The lowest BCUT2D eigenvalue weighted by Gasteiger charge is -2.11. The third-order valence-electron chi connectivity index (χ3n) is 2.94. The van der Waals surface area contributed by atoms with E-state index in [1.165, 1.54) is 12.3 Å². The first kappa shape index (κ1) is 13.4. The lowest BCUT2D eigenvalue weighted by atomic mass is 10.0. The third kappa shape index (κ3) is 2.54. The number of hydrogen-bond donors (Lipinski definition) is 2. The highest BCUT2D eigenvalue weighted by atomic mass is 32.2. The highest BCUT2D eigenvalue weighted by molar-refractivity contribution is 7.89. The van der Waals surface area contributed by atoms with E-state index in [9.17, 15) is 8.42 Å². The van der Waals surface area contributed by atoms with Crippen molar-refractivity contribution in [2.24, 2.45) is 5.14 Å². The summed E-state index contributed by atoms with van der Waals surface area (Å²) in [5, 5.41) is 15.6. The van der Waals surface area contributed by atoms with Gasteiger partial charge in [-0.3, -0.25) is 4.98 Å². The van der Waals surface area contributed by atoms with Gasteiger partial charge in [0.05, 0.1) is 16.8 Å². The average Bonchev–Trinajstić information content (AvgIpc) is 3.00. The molecule has 0 aliphatic rings. The summed E-state index contributed by atoms with van der Waals surface area (Å²) in [4.78, 5) is 4.22. The largest absolute Gasteiger partial charge is 0.256 e. The number of sulfonamides is 1. The Morgan fingerprint density at radius 2 is 1.90 bits per heavy atom. The number of nitrogens with zero attached hydrogens (tertiary/aromatic N) is 3. The summed E-state index contributed by atoms with van der Waals surface area (Å²) < 4.78 is 23.7. The molecule has 2 aromatic heterocycles. The number of nitrogens with two attached hydrogens (primary N) is 1. The lowest BCUT2D eigenvalue weighted by molar-refractivity contribution is 0.598. The molecule has 3 aromatic rings. The van der Waals surface area contributed by atoms with Crippen LogP contribution in [0.25, 0.3) is 22.5 Å². The van der Waals surface area contributed by atoms with Crippen LogP contribution in [0.3, 0.4) is 0 Å². The molecule has 0 aliphatic heterocycles. The van der Waals surface area contributed by atoms with Gasteiger partial charge in [-0.05, 0) is 18.2 Å². The number of hydrogen-bond acceptors (Lipinski definition) is 5. The topological polar surface area (TPSA) is 115 Å². The van der Waals surface area contributed by atoms with Gasteiger partial charge in [-0.1, -0.05) is 18.2 Å². The van der Waals surface area contributed by atoms with E-state index < -0.39 is 10.0 Å². The Balaban J connectivity index is 2.38. The highest BCUT2D eigenvalue weighted by Crippen LogP contribution is 2.34. The second kappa shape index (κ2) is 5.08. The Bertz CT molecular complexity index is 861. The van der Waals surface area contributed by atoms with E-state index in [0.717, 1.165) is 0 Å². The third-order valence-corrected chi connectivity index (χ3v) is 3.90. The molecule has 3 rings (SSSR count). The van der Waals surface area contributed by atoms with Crippen molar-refractivity contribution in [2.75, 3.05) is 0 Å². The maximum atomic E-state index is 11.9. The average molecular weight is 301 g/mol. The fraction of sp³-hybridized carbons (Fsp3) is 0. The number of primary sulfonamides is 1. The van der Waals surface area contributed by atoms with Gasteiger partial charge < -0.3 is 0 Å². The van der Waals surface area contributed by atoms with E-state index >= 15 is 0 Å². The van der Waals surface area contributed by atoms with Crippen molar-refractivity contribution in [3.63, 3.8) is 0 Å². The second-order valence-corrected chi connectivity index (χ2v) is 5.82. The molecule has 2 heterocycles. The summed E-state index contributed by atoms with van der Waals surface area (Å²) in [6, 6.07) is 10.0. The molecular formula is C13H11N5O2S. The molecule has 7 nitrogen and oxygen atoms in total. The Kier molecular flexibility index (Phi) is 3.24. The van der Waals surface area contributed by atoms with E-state index in [4.69, 9.17) is 5.14 Å². The predicted octanol–water partition coefficient (Wildman–Crippen LogP) is 1.18. The molecule has 0 atom stereocenters. The van der Waals surface area contributed by atoms with Crippen LogP contribution in [0.15, 0.2) is 53.7 Å². The molecule has 0 bridgehead atoms. The standard InChI is InChI=1S/C13H11N5O2S/c14-21(19,20)12-6-3-4-9(11-8-16-18-17-11)13(12)10-5-1-2-7-15-10/h1-8H,(H2,14,19,20)(H,16,17,18). The van der Waals surface area contributed by atoms with Crippen molar-refractivity contribution >= 4 is 10.0 Å². The summed E-state index contributed by atoms with van der Waals surface area (Å²) in [7, 11) is -3.89. The molecule has 106 valence electrons. The van der Waals surface area contributed by atoms with Crippen LogP contribution >= 0.6 is 0 Å². The Morgan fingerprint density at radius 1 is 1.05 bits per heavy atom. The molecule has 0 radical (unpaired) electrons. The first-order valence-electron chi connectivity index (χ1n) is 6.01. The molecule has 0 spiro atoms. The number of pyridine rings is 1. The molecule has 0 aliphatic carbocycles. The normalized spacial score (nSPS) is 11.5. The molecule has 3 N–H and O–H groups in total. The number of aromatic amines is 1. The summed E-state index contributed by atoms with van der Waals surface area (Å²) in [5.41, 5.74) is 2.02. The summed E-state index contributed by atoms with van der Waals surface area (Å²) in [6.45, 7) is 0. The van der Waals surface area contributed by atoms with Gasteiger partial charge in [0.2, 0.25) is 10.0 Å². The van der Waals surface area contributed by atoms with E-state index in [2.05, 4.69) is 20.4 Å². The monoisotopic (exact) mass is 301 g/mol. The quantitative estimate of drug-likeness (QED) is 0.753. The molecule has 0 fully saturated rings. The van der Waals surface area contributed by atoms with Crippen molar-refractivity contribution in [2.45, 2.75) is 4.90 Å².